The van der Waals surface area contributed by atoms with Gasteiger partial charge in [-0.3, -0.25) is 14.3 Å². The van der Waals surface area contributed by atoms with E-state index in [1.54, 1.807) is 30.5 Å². The second-order valence-corrected chi connectivity index (χ2v) is 5.66. The maximum atomic E-state index is 12.1. The number of aromatic nitrogens is 4. The summed E-state index contributed by atoms with van der Waals surface area (Å²) in [7, 11) is 1.50. The number of halogens is 1. The minimum Gasteiger partial charge on any atom is -0.395 e. The van der Waals surface area contributed by atoms with E-state index in [1.165, 1.54) is 16.2 Å². The summed E-state index contributed by atoms with van der Waals surface area (Å²) in [5, 5.41) is 14.0. The number of benzene rings is 1. The molecule has 0 atom stereocenters. The highest BCUT2D eigenvalue weighted by atomic mass is 35.5. The molecular weight excluding hydrogens is 348 g/mol. The minimum atomic E-state index is -0.575. The number of anilines is 1. The molecule has 0 spiro atoms. The highest BCUT2D eigenvalue weighted by molar-refractivity contribution is 6.30. The third kappa shape index (κ3) is 3.32. The Morgan fingerprint density at radius 2 is 2.08 bits per heavy atom. The Morgan fingerprint density at radius 3 is 2.76 bits per heavy atom. The first-order valence-corrected chi connectivity index (χ1v) is 7.74. The number of hydrazone groups is 1. The summed E-state index contributed by atoms with van der Waals surface area (Å²) in [6.45, 7) is -0.0834. The SMILES string of the molecule is Cn1c(=O)[nH]c(=O)c2c1nc(N/N=C\c1ccc(Cl)cc1)n2CCO. The van der Waals surface area contributed by atoms with Gasteiger partial charge in [-0.25, -0.2) is 10.2 Å². The molecular formula is C15H15ClN6O3. The van der Waals surface area contributed by atoms with E-state index in [0.717, 1.165) is 5.56 Å². The van der Waals surface area contributed by atoms with Crippen LogP contribution in [0.25, 0.3) is 11.2 Å². The van der Waals surface area contributed by atoms with Crippen molar-refractivity contribution in [3.05, 3.63) is 55.7 Å². The van der Waals surface area contributed by atoms with E-state index in [4.69, 9.17) is 11.6 Å². The lowest BCUT2D eigenvalue weighted by Gasteiger charge is -2.05. The Labute approximate surface area is 146 Å². The molecule has 2 aromatic heterocycles. The molecule has 25 heavy (non-hydrogen) atoms. The summed E-state index contributed by atoms with van der Waals surface area (Å²) in [6.07, 6.45) is 1.56. The number of hydrogen-bond donors (Lipinski definition) is 3. The predicted molar refractivity (Wildman–Crippen MR) is 95.3 cm³/mol. The van der Waals surface area contributed by atoms with E-state index < -0.39 is 11.2 Å². The number of aliphatic hydroxyl groups excluding tert-OH is 1. The van der Waals surface area contributed by atoms with Gasteiger partial charge in [0.2, 0.25) is 5.95 Å². The Balaban J connectivity index is 2.00. The van der Waals surface area contributed by atoms with Gasteiger partial charge in [0, 0.05) is 18.6 Å². The third-order valence-corrected chi connectivity index (χ3v) is 3.83. The van der Waals surface area contributed by atoms with Crippen molar-refractivity contribution in [3.8, 4) is 0 Å². The van der Waals surface area contributed by atoms with Crippen molar-refractivity contribution in [2.45, 2.75) is 6.54 Å². The lowest BCUT2D eigenvalue weighted by atomic mass is 10.2. The molecule has 0 aliphatic carbocycles. The van der Waals surface area contributed by atoms with Crippen LogP contribution in [-0.2, 0) is 13.6 Å². The van der Waals surface area contributed by atoms with E-state index in [1.807, 2.05) is 0 Å². The average molecular weight is 363 g/mol. The van der Waals surface area contributed by atoms with Gasteiger partial charge in [-0.2, -0.15) is 10.1 Å². The number of H-pyrrole nitrogens is 1. The minimum absolute atomic E-state index is 0.122. The summed E-state index contributed by atoms with van der Waals surface area (Å²) >= 11 is 5.83. The monoisotopic (exact) mass is 362 g/mol. The molecule has 0 bridgehead atoms. The molecule has 2 heterocycles. The molecule has 0 saturated heterocycles. The van der Waals surface area contributed by atoms with Crippen molar-refractivity contribution >= 4 is 34.9 Å². The molecule has 0 unspecified atom stereocenters. The van der Waals surface area contributed by atoms with Crippen LogP contribution < -0.4 is 16.7 Å². The lowest BCUT2D eigenvalue weighted by molar-refractivity contribution is 0.278. The molecule has 10 heteroatoms. The van der Waals surface area contributed by atoms with Crippen molar-refractivity contribution < 1.29 is 5.11 Å². The molecule has 130 valence electrons. The van der Waals surface area contributed by atoms with E-state index in [2.05, 4.69) is 20.5 Å². The number of rotatable bonds is 5. The van der Waals surface area contributed by atoms with Crippen molar-refractivity contribution in [1.29, 1.82) is 0 Å². The largest absolute Gasteiger partial charge is 0.395 e. The second-order valence-electron chi connectivity index (χ2n) is 5.22. The van der Waals surface area contributed by atoms with Gasteiger partial charge in [-0.1, -0.05) is 23.7 Å². The standard InChI is InChI=1S/C15H15ClN6O3/c1-21-12-11(13(24)19-15(21)25)22(6-7-23)14(18-12)20-17-8-9-2-4-10(16)5-3-9/h2-5,8,23H,6-7H2,1H3,(H,18,20)(H,19,24,25)/b17-8-. The fourth-order valence-corrected chi connectivity index (χ4v) is 2.48. The predicted octanol–water partition coefficient (Wildman–Crippen LogP) is 0.515. The molecule has 0 amide bonds. The number of imidazole rings is 1. The highest BCUT2D eigenvalue weighted by Crippen LogP contribution is 2.15. The van der Waals surface area contributed by atoms with Gasteiger partial charge in [0.15, 0.2) is 11.2 Å². The maximum Gasteiger partial charge on any atom is 0.329 e. The number of aryl methyl sites for hydroxylation is 1. The van der Waals surface area contributed by atoms with Crippen LogP contribution in [0.15, 0.2) is 39.0 Å². The number of aromatic amines is 1. The van der Waals surface area contributed by atoms with Crippen molar-refractivity contribution in [2.75, 3.05) is 12.0 Å². The van der Waals surface area contributed by atoms with Crippen molar-refractivity contribution in [3.63, 3.8) is 0 Å². The molecule has 0 saturated carbocycles. The molecule has 0 aliphatic rings. The zero-order valence-corrected chi connectivity index (χ0v) is 14.0. The van der Waals surface area contributed by atoms with E-state index in [9.17, 15) is 14.7 Å². The molecule has 3 N–H and O–H groups in total. The summed E-state index contributed by atoms with van der Waals surface area (Å²) in [6, 6.07) is 7.05. The van der Waals surface area contributed by atoms with Gasteiger partial charge in [-0.15, -0.1) is 0 Å². The van der Waals surface area contributed by atoms with Crippen LogP contribution in [0, 0.1) is 0 Å². The van der Waals surface area contributed by atoms with Crippen LogP contribution in [0.3, 0.4) is 0 Å². The topological polar surface area (TPSA) is 117 Å². The summed E-state index contributed by atoms with van der Waals surface area (Å²) in [5.74, 6) is 0.237. The summed E-state index contributed by atoms with van der Waals surface area (Å²) in [5.41, 5.74) is 2.78. The van der Waals surface area contributed by atoms with Crippen LogP contribution in [0.2, 0.25) is 5.02 Å². The zero-order valence-electron chi connectivity index (χ0n) is 13.2. The van der Waals surface area contributed by atoms with Crippen LogP contribution in [0.4, 0.5) is 5.95 Å². The fraction of sp³-hybridized carbons (Fsp3) is 0.200. The molecule has 3 aromatic rings. The first-order valence-electron chi connectivity index (χ1n) is 7.36. The normalized spacial score (nSPS) is 11.5. The third-order valence-electron chi connectivity index (χ3n) is 3.58. The van der Waals surface area contributed by atoms with Crippen LogP contribution in [0.1, 0.15) is 5.56 Å². The van der Waals surface area contributed by atoms with Gasteiger partial charge in [0.05, 0.1) is 12.8 Å². The lowest BCUT2D eigenvalue weighted by Crippen LogP contribution is -2.29. The number of aliphatic hydroxyl groups is 1. The zero-order chi connectivity index (χ0) is 18.0. The fourth-order valence-electron chi connectivity index (χ4n) is 2.35. The second kappa shape index (κ2) is 6.91. The van der Waals surface area contributed by atoms with Gasteiger partial charge >= 0.3 is 5.69 Å². The molecule has 0 fully saturated rings. The maximum absolute atomic E-state index is 12.1. The van der Waals surface area contributed by atoms with Crippen molar-refractivity contribution in [2.24, 2.45) is 12.1 Å². The number of nitrogens with zero attached hydrogens (tertiary/aromatic N) is 4. The van der Waals surface area contributed by atoms with Crippen LogP contribution in [0.5, 0.6) is 0 Å². The van der Waals surface area contributed by atoms with Gasteiger partial charge < -0.3 is 9.67 Å². The smallest absolute Gasteiger partial charge is 0.329 e. The number of fused-ring (bicyclic) bond motifs is 1. The molecule has 0 aliphatic heterocycles. The number of hydrogen-bond acceptors (Lipinski definition) is 6. The van der Waals surface area contributed by atoms with Crippen molar-refractivity contribution in [1.82, 2.24) is 19.1 Å². The molecule has 1 aromatic carbocycles. The van der Waals surface area contributed by atoms with Crippen LogP contribution in [-0.4, -0.2) is 37.0 Å². The Morgan fingerprint density at radius 1 is 1.36 bits per heavy atom. The first-order chi connectivity index (χ1) is 12.0. The van der Waals surface area contributed by atoms with E-state index in [0.29, 0.717) is 5.02 Å². The first kappa shape index (κ1) is 16.9. The van der Waals surface area contributed by atoms with Crippen LogP contribution >= 0.6 is 11.6 Å². The summed E-state index contributed by atoms with van der Waals surface area (Å²) < 4.78 is 2.69. The molecule has 3 rings (SSSR count). The molecule has 0 radical (unpaired) electrons. The Bertz CT molecular complexity index is 1050. The summed E-state index contributed by atoms with van der Waals surface area (Å²) in [4.78, 5) is 30.3. The van der Waals surface area contributed by atoms with E-state index in [-0.39, 0.29) is 30.3 Å². The number of nitrogens with one attached hydrogen (secondary N) is 2. The average Bonchev–Trinajstić information content (AvgIpc) is 2.94. The van der Waals surface area contributed by atoms with E-state index >= 15 is 0 Å². The Hall–Kier alpha value is -2.91. The Kier molecular flexibility index (Phi) is 4.68. The highest BCUT2D eigenvalue weighted by Gasteiger charge is 2.16. The van der Waals surface area contributed by atoms with Gasteiger partial charge in [0.25, 0.3) is 5.56 Å². The van der Waals surface area contributed by atoms with Gasteiger partial charge in [-0.05, 0) is 17.7 Å². The molecule has 9 nitrogen and oxygen atoms in total. The quantitative estimate of drug-likeness (QED) is 0.451. The van der Waals surface area contributed by atoms with Gasteiger partial charge in [0.1, 0.15) is 0 Å².